The maximum Gasteiger partial charge on any atom is 0.306 e. The third kappa shape index (κ3) is 82.5. The van der Waals surface area contributed by atoms with E-state index in [9.17, 15) is 19.5 Å². The number of esters is 2. The number of allylic oxidation sites excluding steroid dienone is 38. The Hall–Kier alpha value is -6.65. The smallest absolute Gasteiger partial charge is 0.306 e. The second-order valence-corrected chi connectivity index (χ2v) is 27.2. The Balaban J connectivity index is 4.17. The Morgan fingerprint density at radius 3 is 0.777 bits per heavy atom. The molecule has 0 fully saturated rings. The molecule has 0 aliphatic carbocycles. The number of nitrogens with zero attached hydrogens (tertiary/aromatic N) is 1. The molecule has 0 heterocycles. The molecule has 0 aromatic carbocycles. The van der Waals surface area contributed by atoms with Crippen molar-refractivity contribution in [1.29, 1.82) is 0 Å². The molecule has 0 aromatic rings. The number of hydrogen-bond acceptors (Lipinski definition) is 8. The quantitative estimate of drug-likeness (QED) is 0.0195. The van der Waals surface area contributed by atoms with Gasteiger partial charge in [0.25, 0.3) is 0 Å². The summed E-state index contributed by atoms with van der Waals surface area (Å²) in [5.41, 5.74) is 0. The highest BCUT2D eigenvalue weighted by molar-refractivity contribution is 5.70. The maximum absolute atomic E-state index is 13.0. The molecule has 0 bridgehead atoms. The largest absolute Gasteiger partial charge is 0.545 e. The number of carbonyl (C=O) groups excluding carboxylic acids is 3. The molecule has 0 saturated carbocycles. The molecule has 0 aliphatic rings. The summed E-state index contributed by atoms with van der Waals surface area (Å²) in [4.78, 5) is 37.6. The fourth-order valence-electron chi connectivity index (χ4n) is 10.3. The van der Waals surface area contributed by atoms with Crippen molar-refractivity contribution >= 4 is 17.9 Å². The summed E-state index contributed by atoms with van der Waals surface area (Å²) in [6.45, 7) is 4.48. The number of hydrogen-bond donors (Lipinski definition) is 0. The number of carboxylic acid groups (broad SMARTS) is 1. The first-order valence-electron chi connectivity index (χ1n) is 40.5. The number of quaternary nitrogens is 1. The summed E-state index contributed by atoms with van der Waals surface area (Å²) in [5, 5.41) is 11.9. The van der Waals surface area contributed by atoms with Crippen LogP contribution in [0.5, 0.6) is 0 Å². The Morgan fingerprint density at radius 1 is 0.291 bits per heavy atom. The Labute approximate surface area is 631 Å². The van der Waals surface area contributed by atoms with Crippen molar-refractivity contribution in [2.75, 3.05) is 47.5 Å². The van der Waals surface area contributed by atoms with Crippen molar-refractivity contribution in [3.63, 3.8) is 0 Å². The zero-order valence-corrected chi connectivity index (χ0v) is 65.8. The van der Waals surface area contributed by atoms with Gasteiger partial charge in [-0.25, -0.2) is 0 Å². The lowest BCUT2D eigenvalue weighted by Crippen LogP contribution is -2.44. The third-order valence-corrected chi connectivity index (χ3v) is 16.4. The Kier molecular flexibility index (Phi) is 75.8. The predicted octanol–water partition coefficient (Wildman–Crippen LogP) is 25.2. The third-order valence-electron chi connectivity index (χ3n) is 16.4. The van der Waals surface area contributed by atoms with Crippen LogP contribution in [-0.4, -0.2) is 82.3 Å². The number of likely N-dealkylation sites (N-methyl/N-ethyl adjacent to an activating group) is 1. The van der Waals surface area contributed by atoms with Crippen LogP contribution < -0.4 is 5.11 Å². The Morgan fingerprint density at radius 2 is 0.524 bits per heavy atom. The molecule has 9 heteroatoms. The highest BCUT2D eigenvalue weighted by atomic mass is 16.7. The number of unbranched alkanes of at least 4 members (excludes halogenated alkanes) is 19. The first kappa shape index (κ1) is 96.4. The van der Waals surface area contributed by atoms with E-state index in [2.05, 4.69) is 245 Å². The molecule has 576 valence electrons. The predicted molar refractivity (Wildman–Crippen MR) is 443 cm³/mol. The lowest BCUT2D eigenvalue weighted by atomic mass is 10.0. The fraction of sp³-hybridized carbons (Fsp3) is 0.564. The molecule has 0 radical (unpaired) electrons. The number of ether oxygens (including phenoxy) is 4. The number of carbonyl (C=O) groups is 3. The van der Waals surface area contributed by atoms with E-state index in [1.165, 1.54) is 70.6 Å². The molecular weight excluding hydrogens is 1270 g/mol. The summed E-state index contributed by atoms with van der Waals surface area (Å²) >= 11 is 0. The molecular formula is C94H147NO8. The minimum atomic E-state index is -1.64. The van der Waals surface area contributed by atoms with Gasteiger partial charge in [-0.1, -0.05) is 341 Å². The standard InChI is InChI=1S/C94H147NO8/c1-6-8-10-12-14-16-18-20-22-24-26-28-30-32-34-36-38-40-42-44-46-48-50-52-54-56-58-60-62-64-66-68-70-72-74-76-78-80-82-84-91(96)101-88-90(89-102-94(93(98)99)100-87-86-95(3,4)5)103-92(97)85-83-81-79-77-75-73-71-69-67-65-63-61-59-57-55-53-51-49-47-45-43-41-39-37-35-33-31-29-27-25-23-21-19-17-15-13-11-9-7-2/h8-11,14-17,20-23,26-29,32-35,38-41,44-47,50-53,57,59,63,65,69,71,90,94H,6-7,12-13,18-19,24-25,30-31,36-37,42-43,48-49,54-56,58,60-62,64,66-68,70,72-89H2,1-5H3/b10-8-,11-9-,16-14-,17-15-,22-20-,23-21-,28-26-,29-27-,34-32-,35-33-,40-38-,41-39-,46-44-,47-45-,52-50-,53-51-,59-57-,65-63-,71-69-. The van der Waals surface area contributed by atoms with Gasteiger partial charge < -0.3 is 33.3 Å². The average molecular weight is 1420 g/mol. The molecule has 0 saturated heterocycles. The lowest BCUT2D eigenvalue weighted by molar-refractivity contribution is -0.870. The van der Waals surface area contributed by atoms with Gasteiger partial charge in [0.1, 0.15) is 13.2 Å². The van der Waals surface area contributed by atoms with Crippen molar-refractivity contribution < 1.29 is 42.9 Å². The van der Waals surface area contributed by atoms with Gasteiger partial charge >= 0.3 is 11.9 Å². The minimum absolute atomic E-state index is 0.132. The zero-order chi connectivity index (χ0) is 74.6. The van der Waals surface area contributed by atoms with E-state index in [4.69, 9.17) is 18.9 Å². The van der Waals surface area contributed by atoms with E-state index in [1.807, 2.05) is 21.1 Å². The van der Waals surface area contributed by atoms with Crippen LogP contribution in [0.1, 0.15) is 284 Å². The van der Waals surface area contributed by atoms with Crippen LogP contribution in [0.25, 0.3) is 0 Å². The summed E-state index contributed by atoms with van der Waals surface area (Å²) in [7, 11) is 5.91. The highest BCUT2D eigenvalue weighted by Gasteiger charge is 2.22. The topological polar surface area (TPSA) is 111 Å². The van der Waals surface area contributed by atoms with E-state index in [1.54, 1.807) is 0 Å². The molecule has 2 unspecified atom stereocenters. The van der Waals surface area contributed by atoms with E-state index in [-0.39, 0.29) is 38.6 Å². The molecule has 0 aliphatic heterocycles. The number of aliphatic carboxylic acids is 1. The van der Waals surface area contributed by atoms with Gasteiger partial charge in [0, 0.05) is 12.8 Å². The van der Waals surface area contributed by atoms with Crippen molar-refractivity contribution in [3.05, 3.63) is 231 Å². The van der Waals surface area contributed by atoms with E-state index >= 15 is 0 Å². The van der Waals surface area contributed by atoms with Crippen LogP contribution in [0.4, 0.5) is 0 Å². The van der Waals surface area contributed by atoms with Gasteiger partial charge in [-0.2, -0.15) is 0 Å². The summed E-state index contributed by atoms with van der Waals surface area (Å²) < 4.78 is 22.8. The molecule has 0 N–H and O–H groups in total. The van der Waals surface area contributed by atoms with Crippen molar-refractivity contribution in [3.8, 4) is 0 Å². The van der Waals surface area contributed by atoms with Gasteiger partial charge in [0.15, 0.2) is 12.4 Å². The lowest BCUT2D eigenvalue weighted by Gasteiger charge is -2.26. The van der Waals surface area contributed by atoms with Gasteiger partial charge in [0.05, 0.1) is 40.3 Å². The van der Waals surface area contributed by atoms with Crippen molar-refractivity contribution in [2.45, 2.75) is 296 Å². The molecule has 0 aromatic heterocycles. The number of carboxylic acids is 1. The molecule has 0 amide bonds. The first-order valence-corrected chi connectivity index (χ1v) is 40.5. The van der Waals surface area contributed by atoms with Crippen molar-refractivity contribution in [1.82, 2.24) is 0 Å². The Bertz CT molecular complexity index is 2560. The van der Waals surface area contributed by atoms with E-state index in [0.29, 0.717) is 17.4 Å². The summed E-state index contributed by atoms with van der Waals surface area (Å²) in [5.74, 6) is -2.33. The zero-order valence-electron chi connectivity index (χ0n) is 65.8. The highest BCUT2D eigenvalue weighted by Crippen LogP contribution is 2.16. The molecule has 9 nitrogen and oxygen atoms in total. The SMILES string of the molecule is CC/C=C\C/C=C\C/C=C\C/C=C\C/C=C\C/C=C\C/C=C\C/C=C\C/C=C\C/C=C\C/C=C\CCCCCCCC(=O)OC(COC(=O)CCCCCCCCCCCCCCCC/C=C\C/C=C\C/C=C\C/C=C\C/C=C\C/C=C\C/C=C\C/C=C\CC)COC(OCC[N+](C)(C)C)C(=O)[O-]. The number of rotatable bonds is 72. The van der Waals surface area contributed by atoms with Gasteiger partial charge in [0.2, 0.25) is 0 Å². The van der Waals surface area contributed by atoms with Crippen LogP contribution >= 0.6 is 0 Å². The first-order chi connectivity index (χ1) is 50.6. The average Bonchev–Trinajstić information content (AvgIpc) is 0.985. The van der Waals surface area contributed by atoms with Crippen LogP contribution in [0.2, 0.25) is 0 Å². The second-order valence-electron chi connectivity index (χ2n) is 27.2. The van der Waals surface area contributed by atoms with Crippen LogP contribution in [0.15, 0.2) is 231 Å². The molecule has 2 atom stereocenters. The molecule has 0 spiro atoms. The normalized spacial score (nSPS) is 13.9. The van der Waals surface area contributed by atoms with E-state index in [0.717, 1.165) is 180 Å². The van der Waals surface area contributed by atoms with Gasteiger partial charge in [-0.3, -0.25) is 9.59 Å². The minimum Gasteiger partial charge on any atom is -0.545 e. The van der Waals surface area contributed by atoms with Crippen molar-refractivity contribution in [2.24, 2.45) is 0 Å². The van der Waals surface area contributed by atoms with Gasteiger partial charge in [-0.05, 0) is 161 Å². The van der Waals surface area contributed by atoms with Crippen LogP contribution in [0, 0.1) is 0 Å². The van der Waals surface area contributed by atoms with Crippen LogP contribution in [0.3, 0.4) is 0 Å². The fourth-order valence-corrected chi connectivity index (χ4v) is 10.3. The van der Waals surface area contributed by atoms with E-state index < -0.39 is 24.3 Å². The molecule has 103 heavy (non-hydrogen) atoms. The van der Waals surface area contributed by atoms with Crippen LogP contribution in [-0.2, 0) is 33.3 Å². The maximum atomic E-state index is 13.0. The second kappa shape index (κ2) is 81.0. The monoisotopic (exact) mass is 1420 g/mol. The summed E-state index contributed by atoms with van der Waals surface area (Å²) in [6.07, 6.45) is 126. The summed E-state index contributed by atoms with van der Waals surface area (Å²) in [6, 6.07) is 0. The molecule has 0 rings (SSSR count). The van der Waals surface area contributed by atoms with Gasteiger partial charge in [-0.15, -0.1) is 0 Å².